The van der Waals surface area contributed by atoms with Crippen molar-refractivity contribution in [2.75, 3.05) is 25.0 Å². The van der Waals surface area contributed by atoms with E-state index < -0.39 is 0 Å². The molecule has 3 unspecified atom stereocenters. The molecule has 0 spiro atoms. The van der Waals surface area contributed by atoms with E-state index in [9.17, 15) is 4.55 Å². The Labute approximate surface area is 178 Å². The Morgan fingerprint density at radius 2 is 2.34 bits per heavy atom. The molecular weight excluding hydrogens is 406 g/mol. The van der Waals surface area contributed by atoms with Crippen molar-refractivity contribution in [2.45, 2.75) is 29.9 Å². The van der Waals surface area contributed by atoms with Gasteiger partial charge in [0.15, 0.2) is 0 Å². The zero-order chi connectivity index (χ0) is 19.8. The van der Waals surface area contributed by atoms with Gasteiger partial charge < -0.3 is 36.1 Å². The van der Waals surface area contributed by atoms with Gasteiger partial charge in [-0.1, -0.05) is 6.08 Å². The minimum atomic E-state index is -0.0347. The molecule has 0 saturated heterocycles. The molecule has 0 aromatic carbocycles. The third kappa shape index (κ3) is 3.61. The second-order valence-electron chi connectivity index (χ2n) is 7.51. The quantitative estimate of drug-likeness (QED) is 0.394. The summed E-state index contributed by atoms with van der Waals surface area (Å²) in [6.07, 6.45) is 9.66. The first-order valence-electron chi connectivity index (χ1n) is 9.80. The summed E-state index contributed by atoms with van der Waals surface area (Å²) in [4.78, 5) is 2.32. The highest BCUT2D eigenvalue weighted by Crippen LogP contribution is 2.35. The van der Waals surface area contributed by atoms with Gasteiger partial charge in [-0.2, -0.15) is 5.10 Å². The number of hydrazone groups is 1. The van der Waals surface area contributed by atoms with Crippen molar-refractivity contribution in [2.24, 2.45) is 11.0 Å². The van der Waals surface area contributed by atoms with Crippen LogP contribution in [0.5, 0.6) is 0 Å². The molecule has 5 heterocycles. The number of nitrogens with one attached hydrogen (secondary N) is 5. The Morgan fingerprint density at radius 1 is 1.41 bits per heavy atom. The number of rotatable bonds is 5. The summed E-state index contributed by atoms with van der Waals surface area (Å²) in [6.45, 7) is 4.73. The number of anilines is 1. The Morgan fingerprint density at radius 3 is 3.07 bits per heavy atom. The SMILES string of the molecule is Cc1cc(NC2NC(C3=CCCNC3)=CN3C(C4C=NNC4)=CNC23)sc1SO. The average Bonchev–Trinajstić information content (AvgIpc) is 3.48. The smallest absolute Gasteiger partial charge is 0.142 e. The fraction of sp³-hybridized carbons (Fsp3) is 0.421. The molecule has 4 aliphatic heterocycles. The van der Waals surface area contributed by atoms with Crippen LogP contribution in [0.1, 0.15) is 12.0 Å². The van der Waals surface area contributed by atoms with Gasteiger partial charge in [0.2, 0.25) is 0 Å². The summed E-state index contributed by atoms with van der Waals surface area (Å²) in [5, 5.41) is 19.6. The van der Waals surface area contributed by atoms with E-state index >= 15 is 0 Å². The van der Waals surface area contributed by atoms with Gasteiger partial charge in [-0.15, -0.1) is 11.3 Å². The molecule has 1 aromatic heterocycles. The lowest BCUT2D eigenvalue weighted by Crippen LogP contribution is -2.58. The van der Waals surface area contributed by atoms with Gasteiger partial charge in [0.05, 0.1) is 20.8 Å². The van der Waals surface area contributed by atoms with Crippen LogP contribution in [0.25, 0.3) is 0 Å². The van der Waals surface area contributed by atoms with E-state index in [1.54, 1.807) is 11.3 Å². The lowest BCUT2D eigenvalue weighted by atomic mass is 10.0. The van der Waals surface area contributed by atoms with Crippen LogP contribution in [0.2, 0.25) is 0 Å². The predicted molar refractivity (Wildman–Crippen MR) is 119 cm³/mol. The van der Waals surface area contributed by atoms with E-state index in [2.05, 4.69) is 61.2 Å². The van der Waals surface area contributed by atoms with Gasteiger partial charge in [-0.25, -0.2) is 0 Å². The zero-order valence-corrected chi connectivity index (χ0v) is 17.7. The topological polar surface area (TPSA) is 96.0 Å². The van der Waals surface area contributed by atoms with Crippen LogP contribution in [-0.4, -0.2) is 47.6 Å². The van der Waals surface area contributed by atoms with Crippen molar-refractivity contribution < 1.29 is 4.55 Å². The average molecular weight is 432 g/mol. The molecule has 4 aliphatic rings. The summed E-state index contributed by atoms with van der Waals surface area (Å²) < 4.78 is 10.4. The van der Waals surface area contributed by atoms with Crippen molar-refractivity contribution in [3.05, 3.63) is 47.1 Å². The van der Waals surface area contributed by atoms with E-state index in [-0.39, 0.29) is 18.2 Å². The fourth-order valence-corrected chi connectivity index (χ4v) is 5.53. The van der Waals surface area contributed by atoms with Crippen LogP contribution in [0.3, 0.4) is 0 Å². The second kappa shape index (κ2) is 7.94. The van der Waals surface area contributed by atoms with Gasteiger partial charge in [0, 0.05) is 49.4 Å². The van der Waals surface area contributed by atoms with Gasteiger partial charge >= 0.3 is 0 Å². The van der Waals surface area contributed by atoms with E-state index in [4.69, 9.17) is 0 Å². The van der Waals surface area contributed by atoms with Crippen LogP contribution >= 0.6 is 23.4 Å². The molecule has 6 N–H and O–H groups in total. The second-order valence-corrected chi connectivity index (χ2v) is 9.41. The Kier molecular flexibility index (Phi) is 5.17. The molecule has 8 nitrogen and oxygen atoms in total. The molecule has 10 heteroatoms. The molecule has 5 rings (SSSR count). The maximum Gasteiger partial charge on any atom is 0.142 e. The molecule has 154 valence electrons. The van der Waals surface area contributed by atoms with Crippen molar-refractivity contribution in [3.8, 4) is 0 Å². The third-order valence-corrected chi connectivity index (χ3v) is 7.48. The number of hydrogen-bond donors (Lipinski definition) is 6. The fourth-order valence-electron chi connectivity index (χ4n) is 4.07. The van der Waals surface area contributed by atoms with Crippen molar-refractivity contribution in [1.29, 1.82) is 0 Å². The van der Waals surface area contributed by atoms with Crippen molar-refractivity contribution in [1.82, 2.24) is 26.3 Å². The predicted octanol–water partition coefficient (Wildman–Crippen LogP) is 2.00. The van der Waals surface area contributed by atoms with Gasteiger partial charge in [-0.05, 0) is 37.1 Å². The zero-order valence-electron chi connectivity index (χ0n) is 16.1. The first-order valence-corrected chi connectivity index (χ1v) is 11.4. The number of hydrogen-bond acceptors (Lipinski definition) is 10. The van der Waals surface area contributed by atoms with Crippen molar-refractivity contribution in [3.63, 3.8) is 0 Å². The van der Waals surface area contributed by atoms with Crippen LogP contribution in [0.15, 0.2) is 50.8 Å². The normalized spacial score (nSPS) is 28.0. The number of aryl methyl sites for hydroxylation is 1. The van der Waals surface area contributed by atoms with Crippen LogP contribution < -0.4 is 26.7 Å². The number of fused-ring (bicyclic) bond motifs is 1. The standard InChI is InChI=1S/C19H25N7OS2/c1-11-5-16(28-19(11)29-27)25-17-18-21-9-15(13-7-22-23-8-13)26(18)10-14(24-17)12-3-2-4-20-6-12/h3,5,7,9-10,13,17-18,20-21,23-25,27H,2,4,6,8H2,1H3. The summed E-state index contributed by atoms with van der Waals surface area (Å²) in [5.74, 6) is 0.253. The van der Waals surface area contributed by atoms with Crippen LogP contribution in [0.4, 0.5) is 5.00 Å². The first kappa shape index (κ1) is 18.9. The summed E-state index contributed by atoms with van der Waals surface area (Å²) in [6, 6.07) is 2.09. The lowest BCUT2D eigenvalue weighted by Gasteiger charge is -2.40. The van der Waals surface area contributed by atoms with E-state index in [0.717, 1.165) is 58.6 Å². The van der Waals surface area contributed by atoms with E-state index in [1.807, 2.05) is 13.1 Å². The summed E-state index contributed by atoms with van der Waals surface area (Å²) in [7, 11) is 0. The highest BCUT2D eigenvalue weighted by atomic mass is 32.2. The Balaban J connectivity index is 1.44. The van der Waals surface area contributed by atoms with Gasteiger partial charge in [-0.3, -0.25) is 0 Å². The first-order chi connectivity index (χ1) is 14.2. The van der Waals surface area contributed by atoms with Crippen LogP contribution in [-0.2, 0) is 0 Å². The molecule has 1 aromatic rings. The number of nitrogens with zero attached hydrogens (tertiary/aromatic N) is 2. The highest BCUT2D eigenvalue weighted by molar-refractivity contribution is 7.95. The van der Waals surface area contributed by atoms with E-state index in [0.29, 0.717) is 0 Å². The molecule has 0 saturated carbocycles. The maximum absolute atomic E-state index is 9.47. The lowest BCUT2D eigenvalue weighted by molar-refractivity contribution is 0.255. The molecule has 29 heavy (non-hydrogen) atoms. The maximum atomic E-state index is 9.47. The molecule has 0 fully saturated rings. The minimum absolute atomic E-state index is 0.0347. The molecule has 0 radical (unpaired) electrons. The molecule has 0 bridgehead atoms. The highest BCUT2D eigenvalue weighted by Gasteiger charge is 2.39. The van der Waals surface area contributed by atoms with Gasteiger partial charge in [0.25, 0.3) is 0 Å². The molecule has 3 atom stereocenters. The Bertz CT molecular complexity index is 906. The third-order valence-electron chi connectivity index (χ3n) is 5.56. The minimum Gasteiger partial charge on any atom is -0.366 e. The summed E-state index contributed by atoms with van der Waals surface area (Å²) >= 11 is 2.38. The van der Waals surface area contributed by atoms with Crippen molar-refractivity contribution >= 4 is 34.6 Å². The molecular formula is C19H25N7OS2. The molecule has 0 aliphatic carbocycles. The monoisotopic (exact) mass is 431 g/mol. The van der Waals surface area contributed by atoms with Gasteiger partial charge in [0.1, 0.15) is 12.3 Å². The van der Waals surface area contributed by atoms with E-state index in [1.165, 1.54) is 11.3 Å². The number of thiophene rings is 1. The summed E-state index contributed by atoms with van der Waals surface area (Å²) in [5.41, 5.74) is 7.78. The Hall–Kier alpha value is -2.14. The largest absolute Gasteiger partial charge is 0.366 e. The van der Waals surface area contributed by atoms with Crippen LogP contribution in [0, 0.1) is 12.8 Å². The molecule has 0 amide bonds.